The first-order chi connectivity index (χ1) is 16.5. The van der Waals surface area contributed by atoms with Crippen LogP contribution in [0.1, 0.15) is 21.6 Å². The standard InChI is InChI=1S/C24H19F2N7O/c1-13-10-30-24-32-19-9-16(12-29-21(19)26)15-8-17(25)20(28-11-15)23(34)27-7-6-14-4-2-3-5-18(14)31-22(13)33-24/h2-5,8-12H,6-7H2,1H3,(H,27,34)(H2,30,31,32,33). The molecule has 0 spiro atoms. The smallest absolute Gasteiger partial charge is 0.272 e. The number of amides is 1. The Morgan fingerprint density at radius 3 is 2.56 bits per heavy atom. The Kier molecular flexibility index (Phi) is 5.54. The van der Waals surface area contributed by atoms with Crippen molar-refractivity contribution in [2.45, 2.75) is 13.3 Å². The summed E-state index contributed by atoms with van der Waals surface area (Å²) in [5, 5.41) is 8.84. The number of carbonyl (C=O) groups is 1. The van der Waals surface area contributed by atoms with E-state index in [4.69, 9.17) is 0 Å². The molecule has 0 unspecified atom stereocenters. The summed E-state index contributed by atoms with van der Waals surface area (Å²) >= 11 is 0. The second-order valence-electron chi connectivity index (χ2n) is 7.76. The van der Waals surface area contributed by atoms with Gasteiger partial charge in [0.25, 0.3) is 5.91 Å². The van der Waals surface area contributed by atoms with Crippen LogP contribution in [0.2, 0.25) is 0 Å². The first kappa shape index (κ1) is 21.4. The number of anilines is 4. The maximum absolute atomic E-state index is 14.7. The topological polar surface area (TPSA) is 105 Å². The quantitative estimate of drug-likeness (QED) is 0.337. The van der Waals surface area contributed by atoms with Crippen LogP contribution in [0, 0.1) is 18.7 Å². The molecule has 2 aliphatic heterocycles. The first-order valence-electron chi connectivity index (χ1n) is 10.5. The summed E-state index contributed by atoms with van der Waals surface area (Å²) in [6.07, 6.45) is 4.71. The molecule has 4 aromatic rings. The van der Waals surface area contributed by atoms with Crippen molar-refractivity contribution < 1.29 is 13.6 Å². The van der Waals surface area contributed by atoms with Gasteiger partial charge in [-0.05, 0) is 37.1 Å². The Bertz CT molecular complexity index is 1410. The van der Waals surface area contributed by atoms with Crippen LogP contribution in [0.25, 0.3) is 11.1 Å². The van der Waals surface area contributed by atoms with Crippen LogP contribution >= 0.6 is 0 Å². The number of fused-ring (bicyclic) bond motifs is 5. The zero-order valence-corrected chi connectivity index (χ0v) is 18.1. The zero-order chi connectivity index (χ0) is 23.7. The Morgan fingerprint density at radius 2 is 1.71 bits per heavy atom. The lowest BCUT2D eigenvalue weighted by Crippen LogP contribution is -2.27. The minimum atomic E-state index is -0.788. The minimum absolute atomic E-state index is 0.0102. The fourth-order valence-corrected chi connectivity index (χ4v) is 3.59. The molecule has 5 heterocycles. The van der Waals surface area contributed by atoms with Gasteiger partial charge in [-0.1, -0.05) is 18.2 Å². The van der Waals surface area contributed by atoms with E-state index in [-0.39, 0.29) is 23.9 Å². The summed E-state index contributed by atoms with van der Waals surface area (Å²) < 4.78 is 29.2. The van der Waals surface area contributed by atoms with E-state index in [2.05, 4.69) is 35.9 Å². The lowest BCUT2D eigenvalue weighted by Gasteiger charge is -2.15. The molecule has 170 valence electrons. The second-order valence-corrected chi connectivity index (χ2v) is 7.76. The van der Waals surface area contributed by atoms with E-state index >= 15 is 0 Å². The van der Waals surface area contributed by atoms with Gasteiger partial charge in [0.1, 0.15) is 5.82 Å². The average molecular weight is 459 g/mol. The second kappa shape index (κ2) is 8.81. The predicted molar refractivity (Wildman–Crippen MR) is 123 cm³/mol. The van der Waals surface area contributed by atoms with Crippen LogP contribution in [0.4, 0.5) is 31.9 Å². The number of aromatic nitrogens is 4. The van der Waals surface area contributed by atoms with Crippen molar-refractivity contribution in [2.75, 3.05) is 17.2 Å². The predicted octanol–water partition coefficient (Wildman–Crippen LogP) is 4.29. The molecular formula is C24H19F2N7O. The van der Waals surface area contributed by atoms with Crippen LogP contribution in [-0.4, -0.2) is 32.4 Å². The van der Waals surface area contributed by atoms with Gasteiger partial charge in [0.2, 0.25) is 11.9 Å². The number of benzene rings is 1. The largest absolute Gasteiger partial charge is 0.350 e. The van der Waals surface area contributed by atoms with Crippen LogP contribution in [0.5, 0.6) is 0 Å². The molecule has 0 saturated carbocycles. The van der Waals surface area contributed by atoms with Gasteiger partial charge in [0.05, 0.1) is 5.69 Å². The normalized spacial score (nSPS) is 13.1. The van der Waals surface area contributed by atoms with Crippen LogP contribution in [-0.2, 0) is 6.42 Å². The van der Waals surface area contributed by atoms with Crippen molar-refractivity contribution in [1.82, 2.24) is 25.3 Å². The monoisotopic (exact) mass is 459 g/mol. The molecule has 0 atom stereocenters. The van der Waals surface area contributed by atoms with Gasteiger partial charge in [-0.15, -0.1) is 0 Å². The average Bonchev–Trinajstić information content (AvgIpc) is 2.83. The van der Waals surface area contributed by atoms with E-state index in [0.717, 1.165) is 16.8 Å². The van der Waals surface area contributed by atoms with E-state index in [9.17, 15) is 13.6 Å². The van der Waals surface area contributed by atoms with Crippen molar-refractivity contribution in [1.29, 1.82) is 0 Å². The molecule has 2 aliphatic rings. The molecule has 0 fully saturated rings. The lowest BCUT2D eigenvalue weighted by atomic mass is 10.1. The number of nitrogens with one attached hydrogen (secondary N) is 3. The summed E-state index contributed by atoms with van der Waals surface area (Å²) in [6.45, 7) is 2.13. The van der Waals surface area contributed by atoms with E-state index in [1.54, 1.807) is 6.20 Å². The number of para-hydroxylation sites is 1. The van der Waals surface area contributed by atoms with Crippen LogP contribution in [0.3, 0.4) is 0 Å². The van der Waals surface area contributed by atoms with Crippen LogP contribution in [0.15, 0.2) is 55.0 Å². The molecule has 0 saturated heterocycles. The highest BCUT2D eigenvalue weighted by atomic mass is 19.1. The van der Waals surface area contributed by atoms with E-state index in [0.29, 0.717) is 23.4 Å². The number of hydrogen-bond acceptors (Lipinski definition) is 7. The summed E-state index contributed by atoms with van der Waals surface area (Å²) in [6, 6.07) is 10.2. The molecule has 8 nitrogen and oxygen atoms in total. The van der Waals surface area contributed by atoms with Gasteiger partial charge < -0.3 is 16.0 Å². The summed E-state index contributed by atoms with van der Waals surface area (Å²) in [5.41, 5.74) is 2.93. The first-order valence-corrected chi connectivity index (χ1v) is 10.5. The van der Waals surface area contributed by atoms with E-state index < -0.39 is 17.7 Å². The van der Waals surface area contributed by atoms with Crippen molar-refractivity contribution in [2.24, 2.45) is 0 Å². The SMILES string of the molecule is Cc1cnc2nc1Nc1ccccc1CCNC(=O)c1ncc(cc1F)-c1cnc(F)c(c1)N2. The highest BCUT2D eigenvalue weighted by Crippen LogP contribution is 2.27. The maximum Gasteiger partial charge on any atom is 0.272 e. The Balaban J connectivity index is 1.62. The summed E-state index contributed by atoms with van der Waals surface area (Å²) in [4.78, 5) is 29.0. The molecule has 3 N–H and O–H groups in total. The Hall–Kier alpha value is -4.47. The number of nitrogens with zero attached hydrogens (tertiary/aromatic N) is 4. The fraction of sp³-hybridized carbons (Fsp3) is 0.125. The van der Waals surface area contributed by atoms with E-state index in [1.807, 2.05) is 31.2 Å². The van der Waals surface area contributed by atoms with Crippen molar-refractivity contribution >= 4 is 29.0 Å². The lowest BCUT2D eigenvalue weighted by molar-refractivity contribution is 0.0944. The highest BCUT2D eigenvalue weighted by Gasteiger charge is 2.17. The molecular weight excluding hydrogens is 440 g/mol. The van der Waals surface area contributed by atoms with Crippen LogP contribution < -0.4 is 16.0 Å². The molecule has 0 aliphatic carbocycles. The molecule has 1 amide bonds. The number of hydrogen-bond donors (Lipinski definition) is 3. The third-order valence-corrected chi connectivity index (χ3v) is 5.40. The van der Waals surface area contributed by atoms with Crippen molar-refractivity contribution in [3.8, 4) is 11.1 Å². The number of aryl methyl sites for hydroxylation is 1. The highest BCUT2D eigenvalue weighted by molar-refractivity contribution is 5.93. The number of carbonyl (C=O) groups excluding carboxylic acids is 1. The van der Waals surface area contributed by atoms with Gasteiger partial charge >= 0.3 is 0 Å². The molecule has 0 radical (unpaired) electrons. The number of rotatable bonds is 0. The minimum Gasteiger partial charge on any atom is -0.350 e. The molecule has 1 aromatic carbocycles. The van der Waals surface area contributed by atoms with Crippen molar-refractivity contribution in [3.05, 3.63) is 83.6 Å². The maximum atomic E-state index is 14.7. The fourth-order valence-electron chi connectivity index (χ4n) is 3.59. The molecule has 10 heteroatoms. The molecule has 34 heavy (non-hydrogen) atoms. The Morgan fingerprint density at radius 1 is 0.912 bits per heavy atom. The number of pyridine rings is 2. The van der Waals surface area contributed by atoms with Crippen molar-refractivity contribution in [3.63, 3.8) is 0 Å². The van der Waals surface area contributed by atoms with Gasteiger partial charge in [0, 0.05) is 47.5 Å². The van der Waals surface area contributed by atoms with Gasteiger partial charge in [-0.3, -0.25) is 4.79 Å². The molecule has 6 rings (SSSR count). The molecule has 6 bridgehead atoms. The zero-order valence-electron chi connectivity index (χ0n) is 18.1. The third kappa shape index (κ3) is 4.25. The summed E-state index contributed by atoms with van der Waals surface area (Å²) in [7, 11) is 0. The third-order valence-electron chi connectivity index (χ3n) is 5.40. The summed E-state index contributed by atoms with van der Waals surface area (Å²) in [5.74, 6) is -1.47. The number of halogens is 2. The molecule has 3 aromatic heterocycles. The van der Waals surface area contributed by atoms with Gasteiger partial charge in [-0.2, -0.15) is 9.37 Å². The Labute approximate surface area is 193 Å². The van der Waals surface area contributed by atoms with E-state index in [1.165, 1.54) is 24.5 Å². The van der Waals surface area contributed by atoms with Gasteiger partial charge in [0.15, 0.2) is 11.5 Å². The van der Waals surface area contributed by atoms with Gasteiger partial charge in [-0.25, -0.2) is 19.3 Å².